The number of pyridine rings is 1. The lowest BCUT2D eigenvalue weighted by molar-refractivity contribution is -0.274. The number of rotatable bonds is 5. The molecule has 1 atom stereocenters. The van der Waals surface area contributed by atoms with Crippen molar-refractivity contribution in [2.24, 2.45) is 0 Å². The van der Waals surface area contributed by atoms with Gasteiger partial charge in [0.25, 0.3) is 0 Å². The van der Waals surface area contributed by atoms with Gasteiger partial charge in [0.15, 0.2) is 5.82 Å². The van der Waals surface area contributed by atoms with E-state index >= 15 is 0 Å². The van der Waals surface area contributed by atoms with Crippen molar-refractivity contribution in [3.63, 3.8) is 0 Å². The van der Waals surface area contributed by atoms with Crippen LogP contribution in [-0.4, -0.2) is 29.8 Å². The Morgan fingerprint density at radius 3 is 2.77 bits per heavy atom. The van der Waals surface area contributed by atoms with Gasteiger partial charge in [-0.15, -0.1) is 13.2 Å². The quantitative estimate of drug-likeness (QED) is 0.758. The molecule has 0 bridgehead atoms. The van der Waals surface area contributed by atoms with Crippen LogP contribution in [0.5, 0.6) is 5.75 Å². The van der Waals surface area contributed by atoms with Gasteiger partial charge in [0.1, 0.15) is 12.3 Å². The fraction of sp³-hybridized carbons (Fsp3) is 0.350. The van der Waals surface area contributed by atoms with Crippen LogP contribution in [0.4, 0.5) is 29.5 Å². The van der Waals surface area contributed by atoms with Crippen molar-refractivity contribution in [3.05, 3.63) is 47.7 Å². The molecule has 1 aliphatic rings. The summed E-state index contributed by atoms with van der Waals surface area (Å²) in [6, 6.07) is 6.62. The number of ether oxygens (including phenoxy) is 1. The summed E-state index contributed by atoms with van der Waals surface area (Å²) in [5.74, 6) is -0.283. The summed E-state index contributed by atoms with van der Waals surface area (Å²) in [6.07, 6.45) is -2.45. The molecule has 1 aliphatic heterocycles. The van der Waals surface area contributed by atoms with Crippen molar-refractivity contribution in [2.75, 3.05) is 16.8 Å². The topological polar surface area (TPSA) is 83.6 Å². The molecule has 2 heterocycles. The van der Waals surface area contributed by atoms with Gasteiger partial charge in [-0.2, -0.15) is 0 Å². The van der Waals surface area contributed by atoms with E-state index in [-0.39, 0.29) is 18.2 Å². The predicted molar refractivity (Wildman–Crippen MR) is 104 cm³/mol. The van der Waals surface area contributed by atoms with E-state index in [9.17, 15) is 22.8 Å². The van der Waals surface area contributed by atoms with Crippen molar-refractivity contribution in [3.8, 4) is 5.75 Å². The molecule has 0 aliphatic carbocycles. The van der Waals surface area contributed by atoms with Crippen LogP contribution in [0.2, 0.25) is 0 Å². The lowest BCUT2D eigenvalue weighted by Crippen LogP contribution is -2.48. The van der Waals surface area contributed by atoms with Gasteiger partial charge in [-0.05, 0) is 42.2 Å². The molecule has 2 aromatic rings. The number of nitrogens with zero attached hydrogens (tertiary/aromatic N) is 2. The minimum Gasteiger partial charge on any atom is -0.406 e. The van der Waals surface area contributed by atoms with Crippen LogP contribution in [0, 0.1) is 0 Å². The highest BCUT2D eigenvalue weighted by atomic mass is 19.4. The molecule has 2 N–H and O–H groups in total. The highest BCUT2D eigenvalue weighted by Crippen LogP contribution is 2.31. The minimum atomic E-state index is -4.78. The Morgan fingerprint density at radius 1 is 1.33 bits per heavy atom. The summed E-state index contributed by atoms with van der Waals surface area (Å²) in [4.78, 5) is 30.2. The monoisotopic (exact) mass is 422 g/mol. The zero-order valence-electron chi connectivity index (χ0n) is 16.4. The molecule has 3 rings (SSSR count). The van der Waals surface area contributed by atoms with E-state index in [0.717, 1.165) is 0 Å². The predicted octanol–water partition coefficient (Wildman–Crippen LogP) is 4.16. The molecule has 10 heteroatoms. The molecule has 7 nitrogen and oxygen atoms in total. The lowest BCUT2D eigenvalue weighted by atomic mass is 10.00. The number of halogens is 3. The number of anilines is 2. The summed E-state index contributed by atoms with van der Waals surface area (Å²) in [5.41, 5.74) is 1.45. The third-order valence-electron chi connectivity index (χ3n) is 4.66. The third-order valence-corrected chi connectivity index (χ3v) is 4.66. The molecule has 160 valence electrons. The maximum atomic E-state index is 12.9. The molecule has 1 unspecified atom stereocenters. The van der Waals surface area contributed by atoms with Crippen molar-refractivity contribution in [1.82, 2.24) is 10.3 Å². The van der Waals surface area contributed by atoms with Crippen molar-refractivity contribution < 1.29 is 27.5 Å². The molecule has 3 amide bonds. The summed E-state index contributed by atoms with van der Waals surface area (Å²) in [6.45, 7) is 3.37. The number of urea groups is 1. The van der Waals surface area contributed by atoms with Crippen LogP contribution >= 0.6 is 0 Å². The molecule has 0 radical (unpaired) electrons. The molecule has 0 saturated carbocycles. The van der Waals surface area contributed by atoms with Gasteiger partial charge in [-0.25, -0.2) is 9.78 Å². The summed E-state index contributed by atoms with van der Waals surface area (Å²) in [7, 11) is 0. The van der Waals surface area contributed by atoms with E-state index in [2.05, 4.69) is 20.4 Å². The number of alkyl halides is 3. The average molecular weight is 422 g/mol. The number of hydrogen-bond acceptors (Lipinski definition) is 4. The number of benzene rings is 1. The van der Waals surface area contributed by atoms with Crippen molar-refractivity contribution in [1.29, 1.82) is 0 Å². The first kappa shape index (κ1) is 21.4. The Balaban J connectivity index is 1.82. The molecule has 1 aromatic heterocycles. The van der Waals surface area contributed by atoms with Gasteiger partial charge in [0.2, 0.25) is 5.91 Å². The van der Waals surface area contributed by atoms with Crippen LogP contribution in [-0.2, 0) is 11.2 Å². The first-order valence-electron chi connectivity index (χ1n) is 9.43. The second-order valence-corrected chi connectivity index (χ2v) is 6.69. The van der Waals surface area contributed by atoms with E-state index in [1.165, 1.54) is 23.2 Å². The Morgan fingerprint density at radius 2 is 2.10 bits per heavy atom. The maximum absolute atomic E-state index is 12.9. The van der Waals surface area contributed by atoms with Crippen LogP contribution in [0.15, 0.2) is 36.5 Å². The zero-order valence-corrected chi connectivity index (χ0v) is 16.4. The van der Waals surface area contributed by atoms with E-state index in [1.807, 2.05) is 6.92 Å². The van der Waals surface area contributed by atoms with Crippen molar-refractivity contribution in [2.45, 2.75) is 39.1 Å². The number of nitrogens with one attached hydrogen (secondary N) is 2. The number of carbonyl (C=O) groups excluding carboxylic acids is 2. The summed E-state index contributed by atoms with van der Waals surface area (Å²) < 4.78 is 41.8. The molecule has 0 spiro atoms. The largest absolute Gasteiger partial charge is 0.573 e. The fourth-order valence-corrected chi connectivity index (χ4v) is 3.25. The zero-order chi connectivity index (χ0) is 21.9. The third kappa shape index (κ3) is 4.81. The van der Waals surface area contributed by atoms with Gasteiger partial charge in [-0.1, -0.05) is 26.0 Å². The van der Waals surface area contributed by atoms with Crippen LogP contribution in [0.3, 0.4) is 0 Å². The van der Waals surface area contributed by atoms with Crippen LogP contribution in [0.1, 0.15) is 37.4 Å². The second-order valence-electron chi connectivity index (χ2n) is 6.69. The molecule has 1 aromatic carbocycles. The number of aryl methyl sites for hydroxylation is 1. The van der Waals surface area contributed by atoms with E-state index in [4.69, 9.17) is 0 Å². The number of carbonyl (C=O) groups is 2. The maximum Gasteiger partial charge on any atom is 0.573 e. The first-order chi connectivity index (χ1) is 14.2. The van der Waals surface area contributed by atoms with E-state index < -0.39 is 18.4 Å². The van der Waals surface area contributed by atoms with Gasteiger partial charge in [-0.3, -0.25) is 9.69 Å². The Hall–Kier alpha value is -3.30. The normalized spacial score (nSPS) is 14.6. The fourth-order valence-electron chi connectivity index (χ4n) is 3.25. The SMILES string of the molecule is CCc1cc(C(CC)NC(=O)N2CC(=O)Nc3cccnc32)ccc1OC(F)(F)F. The highest BCUT2D eigenvalue weighted by molar-refractivity contribution is 6.08. The standard InChI is InChI=1S/C20H21F3N4O3/c1-3-12-10-13(7-8-16(12)30-20(21,22)23)14(4-2)26-19(29)27-11-17(28)25-15-6-5-9-24-18(15)27/h5-10,14H,3-4,11H2,1-2H3,(H,25,28)(H,26,29). The Bertz CT molecular complexity index is 949. The molecular weight excluding hydrogens is 401 g/mol. The molecule has 0 saturated heterocycles. The Labute approximate surface area is 171 Å². The van der Waals surface area contributed by atoms with Crippen molar-refractivity contribution >= 4 is 23.4 Å². The first-order valence-corrected chi connectivity index (χ1v) is 9.43. The molecule has 30 heavy (non-hydrogen) atoms. The number of fused-ring (bicyclic) bond motifs is 1. The van der Waals surface area contributed by atoms with Gasteiger partial charge >= 0.3 is 12.4 Å². The lowest BCUT2D eigenvalue weighted by Gasteiger charge is -2.30. The second kappa shape index (κ2) is 8.60. The van der Waals surface area contributed by atoms with Gasteiger partial charge in [0, 0.05) is 6.20 Å². The van der Waals surface area contributed by atoms with Crippen LogP contribution in [0.25, 0.3) is 0 Å². The summed E-state index contributed by atoms with van der Waals surface area (Å²) >= 11 is 0. The van der Waals surface area contributed by atoms with Gasteiger partial charge < -0.3 is 15.4 Å². The van der Waals surface area contributed by atoms with E-state index in [0.29, 0.717) is 35.5 Å². The molecular formula is C20H21F3N4O3. The number of hydrogen-bond donors (Lipinski definition) is 2. The highest BCUT2D eigenvalue weighted by Gasteiger charge is 2.32. The van der Waals surface area contributed by atoms with Gasteiger partial charge in [0.05, 0.1) is 11.7 Å². The number of amides is 3. The number of aromatic nitrogens is 1. The average Bonchev–Trinajstić information content (AvgIpc) is 2.70. The smallest absolute Gasteiger partial charge is 0.406 e. The van der Waals surface area contributed by atoms with E-state index in [1.54, 1.807) is 25.1 Å². The summed E-state index contributed by atoms with van der Waals surface area (Å²) in [5, 5.41) is 5.49. The Kier molecular flexibility index (Phi) is 6.14. The molecule has 0 fully saturated rings. The minimum absolute atomic E-state index is 0.190. The van der Waals surface area contributed by atoms with Crippen LogP contribution < -0.4 is 20.3 Å².